The van der Waals surface area contributed by atoms with E-state index in [0.29, 0.717) is 0 Å². The van der Waals surface area contributed by atoms with Gasteiger partial charge in [-0.2, -0.15) is 0 Å². The third-order valence-corrected chi connectivity index (χ3v) is 2.56. The van der Waals surface area contributed by atoms with E-state index in [1.807, 2.05) is 4.98 Å². The molecule has 0 aromatic carbocycles. The number of aliphatic carboxylic acids is 1. The minimum atomic E-state index is -1.33. The number of esters is 1. The largest absolute Gasteiger partial charge is 0.494 e. The van der Waals surface area contributed by atoms with Crippen LogP contribution in [0.3, 0.4) is 0 Å². The highest BCUT2D eigenvalue weighted by molar-refractivity contribution is 5.96. The SMILES string of the molecule is COC(=O)CCC(NC(=O)c1cc(O)[nH]c(=O)c1)C(=O)O. The molecule has 0 fully saturated rings. The Bertz CT molecular complexity index is 608. The van der Waals surface area contributed by atoms with Crippen molar-refractivity contribution in [3.8, 4) is 5.88 Å². The molecule has 1 aromatic rings. The van der Waals surface area contributed by atoms with Crippen molar-refractivity contribution in [1.82, 2.24) is 10.3 Å². The average Bonchev–Trinajstić information content (AvgIpc) is 2.41. The summed E-state index contributed by atoms with van der Waals surface area (Å²) < 4.78 is 4.38. The molecule has 4 N–H and O–H groups in total. The lowest BCUT2D eigenvalue weighted by Gasteiger charge is -2.13. The number of hydrogen-bond donors (Lipinski definition) is 4. The van der Waals surface area contributed by atoms with Crippen molar-refractivity contribution in [2.45, 2.75) is 18.9 Å². The summed E-state index contributed by atoms with van der Waals surface area (Å²) >= 11 is 0. The number of aromatic hydroxyl groups is 1. The fraction of sp³-hybridized carbons (Fsp3) is 0.333. The second-order valence-electron chi connectivity index (χ2n) is 4.10. The highest BCUT2D eigenvalue weighted by atomic mass is 16.5. The zero-order chi connectivity index (χ0) is 16.0. The van der Waals surface area contributed by atoms with E-state index in [4.69, 9.17) is 5.11 Å². The molecule has 1 amide bonds. The number of amides is 1. The Morgan fingerprint density at radius 1 is 1.38 bits per heavy atom. The molecule has 1 heterocycles. The van der Waals surface area contributed by atoms with Crippen molar-refractivity contribution in [2.75, 3.05) is 7.11 Å². The van der Waals surface area contributed by atoms with Crippen LogP contribution in [0.25, 0.3) is 0 Å². The highest BCUT2D eigenvalue weighted by Gasteiger charge is 2.22. The van der Waals surface area contributed by atoms with Gasteiger partial charge in [-0.05, 0) is 6.42 Å². The van der Waals surface area contributed by atoms with Gasteiger partial charge in [0.05, 0.1) is 12.7 Å². The summed E-state index contributed by atoms with van der Waals surface area (Å²) in [4.78, 5) is 47.0. The predicted octanol–water partition coefficient (Wildman–Crippen LogP) is -0.783. The third-order valence-electron chi connectivity index (χ3n) is 2.56. The first-order chi connectivity index (χ1) is 9.83. The van der Waals surface area contributed by atoms with Gasteiger partial charge in [-0.3, -0.25) is 19.4 Å². The molecule has 0 aliphatic carbocycles. The lowest BCUT2D eigenvalue weighted by atomic mass is 10.1. The first kappa shape index (κ1) is 16.2. The molecule has 114 valence electrons. The van der Waals surface area contributed by atoms with Crippen molar-refractivity contribution in [3.05, 3.63) is 28.0 Å². The minimum absolute atomic E-state index is 0.164. The second kappa shape index (κ2) is 7.08. The molecule has 9 heteroatoms. The van der Waals surface area contributed by atoms with E-state index in [1.165, 1.54) is 0 Å². The maximum Gasteiger partial charge on any atom is 0.326 e. The van der Waals surface area contributed by atoms with E-state index < -0.39 is 35.3 Å². The van der Waals surface area contributed by atoms with Crippen LogP contribution in [-0.2, 0) is 14.3 Å². The van der Waals surface area contributed by atoms with Crippen molar-refractivity contribution < 1.29 is 29.3 Å². The normalized spacial score (nSPS) is 11.5. The van der Waals surface area contributed by atoms with Crippen LogP contribution in [-0.4, -0.2) is 46.2 Å². The molecular formula is C12H14N2O7. The molecule has 0 saturated heterocycles. The maximum absolute atomic E-state index is 11.8. The van der Waals surface area contributed by atoms with Crippen LogP contribution in [0.5, 0.6) is 5.88 Å². The molecular weight excluding hydrogens is 284 g/mol. The van der Waals surface area contributed by atoms with Gasteiger partial charge >= 0.3 is 11.9 Å². The smallest absolute Gasteiger partial charge is 0.326 e. The summed E-state index contributed by atoms with van der Waals surface area (Å²) in [5, 5.41) is 20.3. The van der Waals surface area contributed by atoms with Gasteiger partial charge in [0.2, 0.25) is 0 Å². The summed E-state index contributed by atoms with van der Waals surface area (Å²) in [6, 6.07) is 0.572. The summed E-state index contributed by atoms with van der Waals surface area (Å²) in [6.07, 6.45) is -0.350. The number of rotatable bonds is 6. The van der Waals surface area contributed by atoms with Crippen LogP contribution in [0.2, 0.25) is 0 Å². The lowest BCUT2D eigenvalue weighted by Crippen LogP contribution is -2.41. The van der Waals surface area contributed by atoms with Crippen molar-refractivity contribution in [2.24, 2.45) is 0 Å². The number of ether oxygens (including phenoxy) is 1. The van der Waals surface area contributed by atoms with Crippen molar-refractivity contribution in [3.63, 3.8) is 0 Å². The molecule has 21 heavy (non-hydrogen) atoms. The quantitative estimate of drug-likeness (QED) is 0.504. The van der Waals surface area contributed by atoms with Crippen molar-refractivity contribution in [1.29, 1.82) is 0 Å². The molecule has 9 nitrogen and oxygen atoms in total. The van der Waals surface area contributed by atoms with Crippen molar-refractivity contribution >= 4 is 17.8 Å². The fourth-order valence-corrected chi connectivity index (χ4v) is 1.52. The van der Waals surface area contributed by atoms with Gasteiger partial charge in [-0.15, -0.1) is 0 Å². The van der Waals surface area contributed by atoms with E-state index in [1.54, 1.807) is 0 Å². The van der Waals surface area contributed by atoms with Crippen LogP contribution in [0.1, 0.15) is 23.2 Å². The predicted molar refractivity (Wildman–Crippen MR) is 68.9 cm³/mol. The zero-order valence-electron chi connectivity index (χ0n) is 11.1. The van der Waals surface area contributed by atoms with Gasteiger partial charge in [0.15, 0.2) is 5.88 Å². The lowest BCUT2D eigenvalue weighted by molar-refractivity contribution is -0.142. The standard InChI is InChI=1S/C12H14N2O7/c1-21-10(17)3-2-7(12(19)20)13-11(18)6-4-8(15)14-9(16)5-6/h4-5,7H,2-3H2,1H3,(H,13,18)(H,19,20)(H2,14,15,16). The Balaban J connectivity index is 2.78. The highest BCUT2D eigenvalue weighted by Crippen LogP contribution is 2.06. The molecule has 0 aliphatic heterocycles. The van der Waals surface area contributed by atoms with Gasteiger partial charge < -0.3 is 20.3 Å². The number of pyridine rings is 1. The molecule has 1 rings (SSSR count). The van der Waals surface area contributed by atoms with Crippen LogP contribution in [0, 0.1) is 0 Å². The monoisotopic (exact) mass is 298 g/mol. The summed E-state index contributed by atoms with van der Waals surface area (Å²) in [6.45, 7) is 0. The Labute approximate surface area is 118 Å². The molecule has 0 aliphatic rings. The number of hydrogen-bond acceptors (Lipinski definition) is 6. The van der Waals surface area contributed by atoms with E-state index in [-0.39, 0.29) is 18.4 Å². The number of nitrogens with one attached hydrogen (secondary N) is 2. The Morgan fingerprint density at radius 3 is 2.57 bits per heavy atom. The Morgan fingerprint density at radius 2 is 2.05 bits per heavy atom. The summed E-state index contributed by atoms with van der Waals surface area (Å²) in [5.41, 5.74) is -0.901. The number of aromatic nitrogens is 1. The van der Waals surface area contributed by atoms with Gasteiger partial charge in [-0.25, -0.2) is 4.79 Å². The Hall–Kier alpha value is -2.84. The van der Waals surface area contributed by atoms with Gasteiger partial charge in [-0.1, -0.05) is 0 Å². The molecule has 0 spiro atoms. The van der Waals surface area contributed by atoms with E-state index >= 15 is 0 Å². The molecule has 1 unspecified atom stereocenters. The second-order valence-corrected chi connectivity index (χ2v) is 4.10. The molecule has 0 radical (unpaired) electrons. The number of carbonyl (C=O) groups is 3. The fourth-order valence-electron chi connectivity index (χ4n) is 1.52. The minimum Gasteiger partial charge on any atom is -0.494 e. The first-order valence-corrected chi connectivity index (χ1v) is 5.87. The first-order valence-electron chi connectivity index (χ1n) is 5.87. The van der Waals surface area contributed by atoms with Crippen LogP contribution < -0.4 is 10.9 Å². The van der Waals surface area contributed by atoms with Gasteiger partial charge in [0, 0.05) is 18.6 Å². The average molecular weight is 298 g/mol. The summed E-state index contributed by atoms with van der Waals surface area (Å²) in [7, 11) is 1.16. The van der Waals surface area contributed by atoms with E-state index in [0.717, 1.165) is 19.2 Å². The topological polar surface area (TPSA) is 146 Å². The van der Waals surface area contributed by atoms with Crippen LogP contribution in [0.4, 0.5) is 0 Å². The molecule has 0 bridgehead atoms. The number of carboxylic acids is 1. The number of methoxy groups -OCH3 is 1. The summed E-state index contributed by atoms with van der Waals surface area (Å²) in [5.74, 6) is -3.31. The van der Waals surface area contributed by atoms with Gasteiger partial charge in [0.1, 0.15) is 6.04 Å². The van der Waals surface area contributed by atoms with Gasteiger partial charge in [0.25, 0.3) is 11.5 Å². The van der Waals surface area contributed by atoms with E-state index in [2.05, 4.69) is 10.1 Å². The zero-order valence-corrected chi connectivity index (χ0v) is 11.1. The third kappa shape index (κ3) is 4.97. The number of H-pyrrole nitrogens is 1. The van der Waals surface area contributed by atoms with E-state index in [9.17, 15) is 24.3 Å². The number of carbonyl (C=O) groups excluding carboxylic acids is 2. The number of aromatic amines is 1. The Kier molecular flexibility index (Phi) is 5.47. The maximum atomic E-state index is 11.8. The number of carboxylic acid groups (broad SMARTS) is 1. The molecule has 1 atom stereocenters. The van der Waals surface area contributed by atoms with Crippen LogP contribution in [0.15, 0.2) is 16.9 Å². The molecule has 1 aromatic heterocycles. The molecule has 0 saturated carbocycles. The van der Waals surface area contributed by atoms with Crippen LogP contribution >= 0.6 is 0 Å².